The molecule has 2 rings (SSSR count). The Kier molecular flexibility index (Phi) is 2.99. The van der Waals surface area contributed by atoms with Crippen molar-refractivity contribution in [3.63, 3.8) is 0 Å². The molecule has 0 saturated carbocycles. The summed E-state index contributed by atoms with van der Waals surface area (Å²) in [6.45, 7) is 2.89. The Morgan fingerprint density at radius 3 is 2.75 bits per heavy atom. The van der Waals surface area contributed by atoms with Crippen LogP contribution in [0, 0.1) is 12.3 Å². The number of alkyl halides is 1. The summed E-state index contributed by atoms with van der Waals surface area (Å²) in [6.07, 6.45) is 0.272. The molecule has 0 amide bonds. The molecular formula is C12H14FN3. The monoisotopic (exact) mass is 219 g/mol. The molecule has 1 aliphatic heterocycles. The minimum absolute atomic E-state index is 0.180. The molecule has 3 nitrogen and oxygen atoms in total. The van der Waals surface area contributed by atoms with Crippen molar-refractivity contribution in [3.05, 3.63) is 35.4 Å². The summed E-state index contributed by atoms with van der Waals surface area (Å²) in [4.78, 5) is 5.50. The number of nitrogens with one attached hydrogen (secondary N) is 1. The number of rotatable bonds is 2. The van der Waals surface area contributed by atoms with Gasteiger partial charge in [-0.25, -0.2) is 9.38 Å². The van der Waals surface area contributed by atoms with Crippen LogP contribution in [0.3, 0.4) is 0 Å². The second-order valence-corrected chi connectivity index (χ2v) is 4.01. The normalized spacial score (nSPS) is 20.2. The number of nitrogens with zero attached hydrogens (tertiary/aromatic N) is 2. The van der Waals surface area contributed by atoms with Gasteiger partial charge in [-0.2, -0.15) is 0 Å². The van der Waals surface area contributed by atoms with E-state index in [0.29, 0.717) is 6.54 Å². The zero-order valence-corrected chi connectivity index (χ0v) is 9.15. The van der Waals surface area contributed by atoms with Crippen LogP contribution >= 0.6 is 0 Å². The molecule has 0 radical (unpaired) electrons. The van der Waals surface area contributed by atoms with Crippen molar-refractivity contribution in [2.24, 2.45) is 4.99 Å². The molecule has 1 unspecified atom stereocenters. The molecule has 1 aromatic rings. The van der Waals surface area contributed by atoms with Gasteiger partial charge < -0.3 is 4.90 Å². The number of hydrogen-bond donors (Lipinski definition) is 1. The average molecular weight is 219 g/mol. The van der Waals surface area contributed by atoms with E-state index in [1.165, 1.54) is 11.9 Å². The van der Waals surface area contributed by atoms with Crippen LogP contribution in [0.25, 0.3) is 0 Å². The maximum atomic E-state index is 13.2. The third-order valence-corrected chi connectivity index (χ3v) is 2.56. The molecular weight excluding hydrogens is 205 g/mol. The van der Waals surface area contributed by atoms with Gasteiger partial charge in [0.05, 0.1) is 12.9 Å². The minimum atomic E-state index is -1.27. The summed E-state index contributed by atoms with van der Waals surface area (Å²) in [5.41, 5.74) is 2.33. The van der Waals surface area contributed by atoms with Gasteiger partial charge in [-0.3, -0.25) is 5.41 Å². The van der Waals surface area contributed by atoms with Crippen molar-refractivity contribution in [2.45, 2.75) is 19.6 Å². The fourth-order valence-electron chi connectivity index (χ4n) is 1.60. The number of halogens is 1. The Morgan fingerprint density at radius 1 is 1.44 bits per heavy atom. The summed E-state index contributed by atoms with van der Waals surface area (Å²) in [5, 5.41) is 7.19. The van der Waals surface area contributed by atoms with Crippen molar-refractivity contribution in [2.75, 3.05) is 6.54 Å². The van der Waals surface area contributed by atoms with Crippen molar-refractivity contribution in [1.29, 1.82) is 5.41 Å². The van der Waals surface area contributed by atoms with E-state index in [4.69, 9.17) is 5.41 Å². The maximum absolute atomic E-state index is 13.2. The van der Waals surface area contributed by atoms with E-state index in [9.17, 15) is 4.39 Å². The van der Waals surface area contributed by atoms with Crippen LogP contribution in [-0.4, -0.2) is 29.8 Å². The first-order valence-corrected chi connectivity index (χ1v) is 5.21. The summed E-state index contributed by atoms with van der Waals surface area (Å²) in [6, 6.07) is 8.11. The predicted octanol–water partition coefficient (Wildman–Crippen LogP) is 2.15. The number of benzene rings is 1. The smallest absolute Gasteiger partial charge is 0.176 e. The topological polar surface area (TPSA) is 39.5 Å². The van der Waals surface area contributed by atoms with Gasteiger partial charge in [-0.05, 0) is 12.5 Å². The van der Waals surface area contributed by atoms with Crippen LogP contribution in [0.4, 0.5) is 4.39 Å². The van der Waals surface area contributed by atoms with Crippen LogP contribution in [0.5, 0.6) is 0 Å². The lowest BCUT2D eigenvalue weighted by molar-refractivity contribution is 0.304. The van der Waals surface area contributed by atoms with Gasteiger partial charge in [0.15, 0.2) is 12.0 Å². The first-order chi connectivity index (χ1) is 7.65. The largest absolute Gasteiger partial charge is 0.355 e. The lowest BCUT2D eigenvalue weighted by Gasteiger charge is -2.24. The average Bonchev–Trinajstić information content (AvgIpc) is 2.27. The SMILES string of the molecule is Cc1ccc(CN2C=NC(=N)C(F)C2)cc1. The zero-order valence-electron chi connectivity index (χ0n) is 9.15. The highest BCUT2D eigenvalue weighted by Gasteiger charge is 2.20. The van der Waals surface area contributed by atoms with Crippen molar-refractivity contribution >= 4 is 12.2 Å². The highest BCUT2D eigenvalue weighted by Crippen LogP contribution is 2.10. The van der Waals surface area contributed by atoms with E-state index in [-0.39, 0.29) is 12.4 Å². The van der Waals surface area contributed by atoms with Crippen molar-refractivity contribution in [3.8, 4) is 0 Å². The van der Waals surface area contributed by atoms with Crippen LogP contribution in [0.15, 0.2) is 29.3 Å². The molecule has 4 heteroatoms. The van der Waals surface area contributed by atoms with Crippen molar-refractivity contribution in [1.82, 2.24) is 4.90 Å². The van der Waals surface area contributed by atoms with Gasteiger partial charge in [0.2, 0.25) is 0 Å². The van der Waals surface area contributed by atoms with E-state index in [1.807, 2.05) is 31.2 Å². The fourth-order valence-corrected chi connectivity index (χ4v) is 1.60. The molecule has 0 spiro atoms. The summed E-state index contributed by atoms with van der Waals surface area (Å²) < 4.78 is 13.2. The lowest BCUT2D eigenvalue weighted by Crippen LogP contribution is -2.37. The van der Waals surface area contributed by atoms with E-state index < -0.39 is 6.17 Å². The standard InChI is InChI=1S/C12H14FN3/c1-9-2-4-10(5-3-9)6-16-7-11(13)12(14)15-8-16/h2-5,8,11,14H,6-7H2,1H3. The summed E-state index contributed by atoms with van der Waals surface area (Å²) in [7, 11) is 0. The number of aliphatic imine (C=N–C) groups is 1. The molecule has 84 valence electrons. The molecule has 1 N–H and O–H groups in total. The Hall–Kier alpha value is -1.71. The third-order valence-electron chi connectivity index (χ3n) is 2.56. The van der Waals surface area contributed by atoms with Crippen LogP contribution in [0.1, 0.15) is 11.1 Å². The van der Waals surface area contributed by atoms with Gasteiger partial charge in [-0.15, -0.1) is 0 Å². The van der Waals surface area contributed by atoms with Gasteiger partial charge in [0.25, 0.3) is 0 Å². The predicted molar refractivity (Wildman–Crippen MR) is 62.7 cm³/mol. The number of hydrogen-bond acceptors (Lipinski definition) is 2. The van der Waals surface area contributed by atoms with Crippen LogP contribution in [-0.2, 0) is 6.54 Å². The van der Waals surface area contributed by atoms with Crippen molar-refractivity contribution < 1.29 is 4.39 Å². The molecule has 0 saturated heterocycles. The van der Waals surface area contributed by atoms with E-state index in [1.54, 1.807) is 4.90 Å². The Labute approximate surface area is 94.1 Å². The van der Waals surface area contributed by atoms with Gasteiger partial charge >= 0.3 is 0 Å². The molecule has 1 atom stereocenters. The quantitative estimate of drug-likeness (QED) is 0.813. The zero-order chi connectivity index (χ0) is 11.5. The molecule has 1 aliphatic rings. The fraction of sp³-hybridized carbons (Fsp3) is 0.333. The molecule has 0 fully saturated rings. The minimum Gasteiger partial charge on any atom is -0.355 e. The Bertz CT molecular complexity index is 411. The highest BCUT2D eigenvalue weighted by molar-refractivity contribution is 5.92. The van der Waals surface area contributed by atoms with E-state index >= 15 is 0 Å². The summed E-state index contributed by atoms with van der Waals surface area (Å²) in [5.74, 6) is -0.180. The first-order valence-electron chi connectivity index (χ1n) is 5.21. The van der Waals surface area contributed by atoms with Gasteiger partial charge in [0.1, 0.15) is 0 Å². The van der Waals surface area contributed by atoms with E-state index in [2.05, 4.69) is 4.99 Å². The van der Waals surface area contributed by atoms with Crippen LogP contribution in [0.2, 0.25) is 0 Å². The molecule has 1 aromatic carbocycles. The summed E-state index contributed by atoms with van der Waals surface area (Å²) >= 11 is 0. The second kappa shape index (κ2) is 4.43. The molecule has 1 heterocycles. The first kappa shape index (κ1) is 10.8. The lowest BCUT2D eigenvalue weighted by atomic mass is 10.1. The Balaban J connectivity index is 2.03. The van der Waals surface area contributed by atoms with Gasteiger partial charge in [0, 0.05) is 6.54 Å². The molecule has 0 bridgehead atoms. The maximum Gasteiger partial charge on any atom is 0.176 e. The van der Waals surface area contributed by atoms with E-state index in [0.717, 1.165) is 5.56 Å². The molecule has 0 aromatic heterocycles. The number of aryl methyl sites for hydroxylation is 1. The second-order valence-electron chi connectivity index (χ2n) is 4.01. The Morgan fingerprint density at radius 2 is 2.12 bits per heavy atom. The molecule has 16 heavy (non-hydrogen) atoms. The van der Waals surface area contributed by atoms with Crippen LogP contribution < -0.4 is 0 Å². The van der Waals surface area contributed by atoms with Gasteiger partial charge in [-0.1, -0.05) is 29.8 Å². The third kappa shape index (κ3) is 2.45. The number of amidine groups is 1. The highest BCUT2D eigenvalue weighted by atomic mass is 19.1. The molecule has 0 aliphatic carbocycles.